The first-order valence-electron chi connectivity index (χ1n) is 8.39. The second kappa shape index (κ2) is 10.5. The molecule has 22 heavy (non-hydrogen) atoms. The van der Waals surface area contributed by atoms with Gasteiger partial charge >= 0.3 is 5.97 Å². The summed E-state index contributed by atoms with van der Waals surface area (Å²) in [5.41, 5.74) is 0.594. The highest BCUT2D eigenvalue weighted by atomic mass is 32.2. The van der Waals surface area contributed by atoms with Gasteiger partial charge in [0.15, 0.2) is 0 Å². The average molecular weight is 318 g/mol. The average Bonchev–Trinajstić information content (AvgIpc) is 3.37. The van der Waals surface area contributed by atoms with E-state index in [9.17, 15) is 4.79 Å². The van der Waals surface area contributed by atoms with Gasteiger partial charge in [-0.25, -0.2) is 4.79 Å². The molecule has 1 aromatic carbocycles. The molecule has 0 aliphatic carbocycles. The van der Waals surface area contributed by atoms with Crippen LogP contribution in [0.4, 0.5) is 0 Å². The van der Waals surface area contributed by atoms with Crippen molar-refractivity contribution >= 4 is 17.7 Å². The van der Waals surface area contributed by atoms with Crippen LogP contribution in [0.15, 0.2) is 42.7 Å². The molecule has 0 bridgehead atoms. The molecule has 1 fully saturated rings. The molecule has 2 nitrogen and oxygen atoms in total. The van der Waals surface area contributed by atoms with Crippen LogP contribution in [0.3, 0.4) is 0 Å². The Hall–Kier alpha value is -1.22. The predicted octanol–water partition coefficient (Wildman–Crippen LogP) is 5.59. The Morgan fingerprint density at radius 3 is 2.50 bits per heavy atom. The van der Waals surface area contributed by atoms with Crippen LogP contribution in [0, 0.1) is 0 Å². The number of rotatable bonds is 11. The highest BCUT2D eigenvalue weighted by Crippen LogP contribution is 2.34. The van der Waals surface area contributed by atoms with Crippen LogP contribution in [0.25, 0.3) is 0 Å². The Bertz CT molecular complexity index is 452. The molecular weight excluding hydrogens is 292 g/mol. The van der Waals surface area contributed by atoms with Crippen LogP contribution in [-0.4, -0.2) is 17.0 Å². The van der Waals surface area contributed by atoms with Gasteiger partial charge in [-0.15, -0.1) is 0 Å². The highest BCUT2D eigenvalue weighted by Gasteiger charge is 2.20. The number of esters is 1. The summed E-state index contributed by atoms with van der Waals surface area (Å²) >= 11 is 2.10. The SMILES string of the molecule is O=C(OC=CCCCCCCCCC1CS1)c1ccccc1. The molecule has 3 heteroatoms. The van der Waals surface area contributed by atoms with E-state index in [1.165, 1.54) is 57.0 Å². The number of carbonyl (C=O) groups excluding carboxylic acids is 1. The summed E-state index contributed by atoms with van der Waals surface area (Å²) < 4.78 is 5.09. The van der Waals surface area contributed by atoms with Crippen LogP contribution in [0.5, 0.6) is 0 Å². The quantitative estimate of drug-likeness (QED) is 0.230. The van der Waals surface area contributed by atoms with Gasteiger partial charge in [0.1, 0.15) is 0 Å². The Kier molecular flexibility index (Phi) is 8.18. The van der Waals surface area contributed by atoms with Gasteiger partial charge < -0.3 is 4.74 Å². The lowest BCUT2D eigenvalue weighted by molar-refractivity contribution is 0.0662. The topological polar surface area (TPSA) is 26.3 Å². The Labute approximate surface area is 138 Å². The number of carbonyl (C=O) groups is 1. The smallest absolute Gasteiger partial charge is 0.342 e. The van der Waals surface area contributed by atoms with Gasteiger partial charge in [0, 0.05) is 11.0 Å². The molecule has 2 rings (SSSR count). The van der Waals surface area contributed by atoms with Crippen LogP contribution < -0.4 is 0 Å². The monoisotopic (exact) mass is 318 g/mol. The summed E-state index contributed by atoms with van der Waals surface area (Å²) in [4.78, 5) is 11.7. The molecule has 0 aromatic heterocycles. The van der Waals surface area contributed by atoms with Crippen LogP contribution in [0.1, 0.15) is 61.7 Å². The summed E-state index contributed by atoms with van der Waals surface area (Å²) in [6.45, 7) is 0. The third kappa shape index (κ3) is 7.69. The largest absolute Gasteiger partial charge is 0.431 e. The minimum Gasteiger partial charge on any atom is -0.431 e. The number of allylic oxidation sites excluding steroid dienone is 1. The second-order valence-corrected chi connectivity index (χ2v) is 7.13. The van der Waals surface area contributed by atoms with E-state index in [4.69, 9.17) is 4.74 Å². The van der Waals surface area contributed by atoms with Crippen molar-refractivity contribution in [2.45, 2.75) is 56.6 Å². The molecule has 1 aliphatic heterocycles. The summed E-state index contributed by atoms with van der Waals surface area (Å²) in [6, 6.07) is 9.08. The molecule has 1 aliphatic rings. The van der Waals surface area contributed by atoms with E-state index in [1.807, 2.05) is 24.3 Å². The fraction of sp³-hybridized carbons (Fsp3) is 0.526. The number of unbranched alkanes of at least 4 members (excludes halogenated alkanes) is 6. The maximum absolute atomic E-state index is 11.7. The highest BCUT2D eigenvalue weighted by molar-refractivity contribution is 8.06. The number of ether oxygens (including phenoxy) is 1. The molecule has 0 N–H and O–H groups in total. The van der Waals surface area contributed by atoms with E-state index in [2.05, 4.69) is 11.8 Å². The summed E-state index contributed by atoms with van der Waals surface area (Å²) in [5.74, 6) is 1.12. The van der Waals surface area contributed by atoms with Gasteiger partial charge in [0.2, 0.25) is 0 Å². The van der Waals surface area contributed by atoms with Crippen molar-refractivity contribution in [2.24, 2.45) is 0 Å². The maximum Gasteiger partial charge on any atom is 0.342 e. The van der Waals surface area contributed by atoms with Crippen LogP contribution in [-0.2, 0) is 4.74 Å². The van der Waals surface area contributed by atoms with Crippen molar-refractivity contribution in [1.29, 1.82) is 0 Å². The zero-order valence-electron chi connectivity index (χ0n) is 13.2. The fourth-order valence-electron chi connectivity index (χ4n) is 2.40. The van der Waals surface area contributed by atoms with E-state index < -0.39 is 0 Å². The minimum absolute atomic E-state index is 0.286. The summed E-state index contributed by atoms with van der Waals surface area (Å²) in [5, 5.41) is 1.00. The zero-order valence-corrected chi connectivity index (χ0v) is 14.0. The van der Waals surface area contributed by atoms with Gasteiger partial charge in [-0.3, -0.25) is 0 Å². The number of hydrogen-bond donors (Lipinski definition) is 0. The number of hydrogen-bond acceptors (Lipinski definition) is 3. The predicted molar refractivity (Wildman–Crippen MR) is 94.2 cm³/mol. The number of thioether (sulfide) groups is 1. The summed E-state index contributed by atoms with van der Waals surface area (Å²) in [6.07, 6.45) is 13.8. The Morgan fingerprint density at radius 2 is 1.77 bits per heavy atom. The standard InChI is InChI=1S/C19H26O2S/c20-19(17-12-8-7-9-13-17)21-15-11-6-4-2-1-3-5-10-14-18-16-22-18/h7-9,11-13,15,18H,1-6,10,14,16H2. The first-order chi connectivity index (χ1) is 10.9. The van der Waals surface area contributed by atoms with E-state index >= 15 is 0 Å². The van der Waals surface area contributed by atoms with Crippen molar-refractivity contribution in [3.63, 3.8) is 0 Å². The normalized spacial score (nSPS) is 16.8. The maximum atomic E-state index is 11.7. The molecule has 120 valence electrons. The van der Waals surface area contributed by atoms with Crippen LogP contribution >= 0.6 is 11.8 Å². The van der Waals surface area contributed by atoms with Crippen LogP contribution in [0.2, 0.25) is 0 Å². The third-order valence-corrected chi connectivity index (χ3v) is 4.87. The van der Waals surface area contributed by atoms with Gasteiger partial charge in [-0.1, -0.05) is 50.3 Å². The minimum atomic E-state index is -0.286. The van der Waals surface area contributed by atoms with Crippen molar-refractivity contribution in [3.8, 4) is 0 Å². The zero-order chi connectivity index (χ0) is 15.5. The van der Waals surface area contributed by atoms with E-state index in [-0.39, 0.29) is 5.97 Å². The lowest BCUT2D eigenvalue weighted by Crippen LogP contribution is -1.99. The first-order valence-corrected chi connectivity index (χ1v) is 9.44. The molecule has 1 unspecified atom stereocenters. The van der Waals surface area contributed by atoms with Gasteiger partial charge in [0.05, 0.1) is 11.8 Å². The Balaban J connectivity index is 1.40. The van der Waals surface area contributed by atoms with Crippen molar-refractivity contribution in [1.82, 2.24) is 0 Å². The van der Waals surface area contributed by atoms with Crippen molar-refractivity contribution in [2.75, 3.05) is 5.75 Å². The van der Waals surface area contributed by atoms with Crippen molar-refractivity contribution < 1.29 is 9.53 Å². The molecule has 1 aromatic rings. The molecule has 0 spiro atoms. The van der Waals surface area contributed by atoms with Gasteiger partial charge in [0.25, 0.3) is 0 Å². The lowest BCUT2D eigenvalue weighted by Gasteiger charge is -2.00. The first kappa shape index (κ1) is 17.1. The van der Waals surface area contributed by atoms with Gasteiger partial charge in [-0.05, 0) is 37.5 Å². The molecular formula is C19H26O2S. The molecule has 0 amide bonds. The fourth-order valence-corrected chi connectivity index (χ4v) is 3.03. The molecule has 1 heterocycles. The molecule has 0 saturated carbocycles. The van der Waals surface area contributed by atoms with E-state index in [0.29, 0.717) is 5.56 Å². The number of benzene rings is 1. The Morgan fingerprint density at radius 1 is 1.09 bits per heavy atom. The van der Waals surface area contributed by atoms with Crippen molar-refractivity contribution in [3.05, 3.63) is 48.2 Å². The molecule has 0 radical (unpaired) electrons. The van der Waals surface area contributed by atoms with Gasteiger partial charge in [-0.2, -0.15) is 11.8 Å². The lowest BCUT2D eigenvalue weighted by atomic mass is 10.1. The summed E-state index contributed by atoms with van der Waals surface area (Å²) in [7, 11) is 0. The second-order valence-electron chi connectivity index (χ2n) is 5.80. The third-order valence-electron chi connectivity index (χ3n) is 3.83. The van der Waals surface area contributed by atoms with E-state index in [0.717, 1.165) is 11.7 Å². The molecule has 1 saturated heterocycles. The van der Waals surface area contributed by atoms with E-state index in [1.54, 1.807) is 12.1 Å². The molecule has 1 atom stereocenters.